The van der Waals surface area contributed by atoms with Crippen molar-refractivity contribution in [2.45, 2.75) is 13.8 Å². The van der Waals surface area contributed by atoms with Gasteiger partial charge in [-0.15, -0.1) is 0 Å². The average Bonchev–Trinajstić information content (AvgIpc) is 2.47. The van der Waals surface area contributed by atoms with Gasteiger partial charge in [-0.1, -0.05) is 13.8 Å². The molecule has 1 aromatic carbocycles. The van der Waals surface area contributed by atoms with Gasteiger partial charge in [0.05, 0.1) is 25.0 Å². The highest BCUT2D eigenvalue weighted by molar-refractivity contribution is 5.90. The number of carbonyl (C=O) groups excluding carboxylic acids is 1. The molecule has 1 N–H and O–H groups in total. The first-order valence-electron chi connectivity index (χ1n) is 5.61. The molecule has 0 saturated carbocycles. The quantitative estimate of drug-likeness (QED) is 0.759. The predicted molar refractivity (Wildman–Crippen MR) is 65.5 cm³/mol. The Morgan fingerprint density at radius 2 is 2.24 bits per heavy atom. The van der Waals surface area contributed by atoms with Gasteiger partial charge in [-0.3, -0.25) is 0 Å². The SMILES string of the molecule is COC(=O)c1ccc2c(c1)OCC(C)(C)CN2. The smallest absolute Gasteiger partial charge is 0.337 e. The molecule has 4 nitrogen and oxygen atoms in total. The fourth-order valence-corrected chi connectivity index (χ4v) is 1.69. The zero-order valence-electron chi connectivity index (χ0n) is 10.4. The number of nitrogens with one attached hydrogen (secondary N) is 1. The summed E-state index contributed by atoms with van der Waals surface area (Å²) in [7, 11) is 1.37. The molecule has 0 saturated heterocycles. The summed E-state index contributed by atoms with van der Waals surface area (Å²) in [6.07, 6.45) is 0. The molecule has 0 aromatic heterocycles. The molecular formula is C13H17NO3. The highest BCUT2D eigenvalue weighted by Crippen LogP contribution is 2.32. The van der Waals surface area contributed by atoms with Crippen molar-refractivity contribution in [3.8, 4) is 5.75 Å². The normalized spacial score (nSPS) is 17.1. The molecule has 17 heavy (non-hydrogen) atoms. The predicted octanol–water partition coefficient (Wildman–Crippen LogP) is 2.30. The Bertz CT molecular complexity index is 440. The second kappa shape index (κ2) is 4.28. The van der Waals surface area contributed by atoms with Crippen molar-refractivity contribution in [2.75, 3.05) is 25.6 Å². The lowest BCUT2D eigenvalue weighted by atomic mass is 9.95. The van der Waals surface area contributed by atoms with Gasteiger partial charge in [0, 0.05) is 12.0 Å². The average molecular weight is 235 g/mol. The maximum atomic E-state index is 11.4. The molecule has 2 rings (SSSR count). The Morgan fingerprint density at radius 3 is 2.94 bits per heavy atom. The van der Waals surface area contributed by atoms with Gasteiger partial charge in [-0.25, -0.2) is 4.79 Å². The third-order valence-electron chi connectivity index (χ3n) is 2.78. The number of rotatable bonds is 1. The minimum absolute atomic E-state index is 0.0739. The number of anilines is 1. The molecule has 1 aliphatic heterocycles. The van der Waals surface area contributed by atoms with Crippen LogP contribution in [0.2, 0.25) is 0 Å². The Labute approximate surface area is 101 Å². The van der Waals surface area contributed by atoms with Crippen LogP contribution in [-0.4, -0.2) is 26.2 Å². The Morgan fingerprint density at radius 1 is 1.47 bits per heavy atom. The van der Waals surface area contributed by atoms with Crippen LogP contribution in [0.25, 0.3) is 0 Å². The van der Waals surface area contributed by atoms with Crippen molar-refractivity contribution < 1.29 is 14.3 Å². The standard InChI is InChI=1S/C13H17NO3/c1-13(2)7-14-10-5-4-9(12(15)16-3)6-11(10)17-8-13/h4-6,14H,7-8H2,1-3H3. The lowest BCUT2D eigenvalue weighted by Crippen LogP contribution is -2.27. The molecule has 4 heteroatoms. The van der Waals surface area contributed by atoms with Crippen LogP contribution in [0.5, 0.6) is 5.75 Å². The Hall–Kier alpha value is -1.71. The molecule has 0 spiro atoms. The lowest BCUT2D eigenvalue weighted by molar-refractivity contribution is 0.0600. The van der Waals surface area contributed by atoms with Gasteiger partial charge in [0.1, 0.15) is 5.75 Å². The summed E-state index contributed by atoms with van der Waals surface area (Å²) in [5.74, 6) is 0.360. The molecule has 1 heterocycles. The van der Waals surface area contributed by atoms with E-state index in [2.05, 4.69) is 23.9 Å². The number of hydrogen-bond donors (Lipinski definition) is 1. The zero-order valence-corrected chi connectivity index (χ0v) is 10.4. The number of esters is 1. The number of fused-ring (bicyclic) bond motifs is 1. The van der Waals surface area contributed by atoms with E-state index in [0.717, 1.165) is 12.2 Å². The summed E-state index contributed by atoms with van der Waals surface area (Å²) in [4.78, 5) is 11.4. The fraction of sp³-hybridized carbons (Fsp3) is 0.462. The van der Waals surface area contributed by atoms with E-state index in [-0.39, 0.29) is 11.4 Å². The third-order valence-corrected chi connectivity index (χ3v) is 2.78. The van der Waals surface area contributed by atoms with Crippen LogP contribution >= 0.6 is 0 Å². The minimum Gasteiger partial charge on any atom is -0.491 e. The van der Waals surface area contributed by atoms with Gasteiger partial charge >= 0.3 is 5.97 Å². The van der Waals surface area contributed by atoms with E-state index in [9.17, 15) is 4.79 Å². The molecule has 0 radical (unpaired) electrons. The second-order valence-electron chi connectivity index (χ2n) is 5.01. The van der Waals surface area contributed by atoms with Crippen LogP contribution < -0.4 is 10.1 Å². The van der Waals surface area contributed by atoms with Crippen molar-refractivity contribution in [1.82, 2.24) is 0 Å². The summed E-state index contributed by atoms with van der Waals surface area (Å²) >= 11 is 0. The summed E-state index contributed by atoms with van der Waals surface area (Å²) in [5, 5.41) is 3.32. The van der Waals surface area contributed by atoms with Gasteiger partial charge in [-0.2, -0.15) is 0 Å². The van der Waals surface area contributed by atoms with Crippen LogP contribution in [0.1, 0.15) is 24.2 Å². The van der Waals surface area contributed by atoms with Crippen molar-refractivity contribution in [3.05, 3.63) is 23.8 Å². The molecule has 92 valence electrons. The Balaban J connectivity index is 2.29. The molecule has 1 aliphatic rings. The minimum atomic E-state index is -0.347. The van der Waals surface area contributed by atoms with Crippen LogP contribution in [0.3, 0.4) is 0 Å². The highest BCUT2D eigenvalue weighted by atomic mass is 16.5. The molecule has 0 aliphatic carbocycles. The van der Waals surface area contributed by atoms with E-state index in [1.165, 1.54) is 7.11 Å². The van der Waals surface area contributed by atoms with Gasteiger partial charge in [0.15, 0.2) is 0 Å². The summed E-state index contributed by atoms with van der Waals surface area (Å²) < 4.78 is 10.4. The van der Waals surface area contributed by atoms with Crippen molar-refractivity contribution in [1.29, 1.82) is 0 Å². The Kier molecular flexibility index (Phi) is 2.96. The number of carbonyl (C=O) groups is 1. The molecule has 0 unspecified atom stereocenters. The van der Waals surface area contributed by atoms with E-state index in [1.807, 2.05) is 6.07 Å². The maximum absolute atomic E-state index is 11.4. The second-order valence-corrected chi connectivity index (χ2v) is 5.01. The van der Waals surface area contributed by atoms with Crippen molar-refractivity contribution in [3.63, 3.8) is 0 Å². The topological polar surface area (TPSA) is 47.6 Å². The molecular weight excluding hydrogens is 218 g/mol. The summed E-state index contributed by atoms with van der Waals surface area (Å²) in [5.41, 5.74) is 1.50. The van der Waals surface area contributed by atoms with E-state index in [0.29, 0.717) is 17.9 Å². The van der Waals surface area contributed by atoms with Crippen molar-refractivity contribution >= 4 is 11.7 Å². The maximum Gasteiger partial charge on any atom is 0.337 e. The molecule has 0 atom stereocenters. The monoisotopic (exact) mass is 235 g/mol. The van der Waals surface area contributed by atoms with Gasteiger partial charge in [0.25, 0.3) is 0 Å². The van der Waals surface area contributed by atoms with Crippen LogP contribution in [-0.2, 0) is 4.74 Å². The molecule has 1 aromatic rings. The van der Waals surface area contributed by atoms with Crippen LogP contribution in [0.4, 0.5) is 5.69 Å². The zero-order chi connectivity index (χ0) is 12.5. The van der Waals surface area contributed by atoms with E-state index in [1.54, 1.807) is 12.1 Å². The number of ether oxygens (including phenoxy) is 2. The third kappa shape index (κ3) is 2.52. The van der Waals surface area contributed by atoms with Gasteiger partial charge in [0.2, 0.25) is 0 Å². The number of hydrogen-bond acceptors (Lipinski definition) is 4. The first-order chi connectivity index (χ1) is 8.02. The first kappa shape index (κ1) is 11.8. The van der Waals surface area contributed by atoms with E-state index >= 15 is 0 Å². The number of benzene rings is 1. The highest BCUT2D eigenvalue weighted by Gasteiger charge is 2.24. The lowest BCUT2D eigenvalue weighted by Gasteiger charge is -2.20. The number of methoxy groups -OCH3 is 1. The van der Waals surface area contributed by atoms with Gasteiger partial charge in [-0.05, 0) is 18.2 Å². The van der Waals surface area contributed by atoms with Crippen LogP contribution in [0, 0.1) is 5.41 Å². The van der Waals surface area contributed by atoms with E-state index < -0.39 is 0 Å². The fourth-order valence-electron chi connectivity index (χ4n) is 1.69. The van der Waals surface area contributed by atoms with Crippen molar-refractivity contribution in [2.24, 2.45) is 5.41 Å². The summed E-state index contributed by atoms with van der Waals surface area (Å²) in [6.45, 7) is 5.73. The molecule has 0 fully saturated rings. The van der Waals surface area contributed by atoms with E-state index in [4.69, 9.17) is 4.74 Å². The largest absolute Gasteiger partial charge is 0.491 e. The molecule has 0 amide bonds. The molecule has 0 bridgehead atoms. The first-order valence-corrected chi connectivity index (χ1v) is 5.61. The van der Waals surface area contributed by atoms with Crippen LogP contribution in [0.15, 0.2) is 18.2 Å². The van der Waals surface area contributed by atoms with Gasteiger partial charge < -0.3 is 14.8 Å². The summed E-state index contributed by atoms with van der Waals surface area (Å²) in [6, 6.07) is 5.30.